The second-order valence-corrected chi connectivity index (χ2v) is 6.33. The molecule has 2 heterocycles. The molecular formula is C16H33Cl2N3O2. The second kappa shape index (κ2) is 12.3. The van der Waals surface area contributed by atoms with Crippen molar-refractivity contribution in [2.24, 2.45) is 5.92 Å². The van der Waals surface area contributed by atoms with Crippen LogP contribution in [0.15, 0.2) is 0 Å². The van der Waals surface area contributed by atoms with Gasteiger partial charge in [0.2, 0.25) is 5.91 Å². The molecule has 7 heteroatoms. The molecule has 23 heavy (non-hydrogen) atoms. The summed E-state index contributed by atoms with van der Waals surface area (Å²) in [5, 5.41) is 3.37. The Morgan fingerprint density at radius 1 is 1.30 bits per heavy atom. The maximum atomic E-state index is 12.4. The van der Waals surface area contributed by atoms with Crippen molar-refractivity contribution in [3.8, 4) is 0 Å². The molecule has 5 nitrogen and oxygen atoms in total. The summed E-state index contributed by atoms with van der Waals surface area (Å²) in [7, 11) is 1.75. The minimum absolute atomic E-state index is 0. The fourth-order valence-corrected chi connectivity index (χ4v) is 3.46. The van der Waals surface area contributed by atoms with Gasteiger partial charge in [0.1, 0.15) is 0 Å². The molecule has 0 radical (unpaired) electrons. The number of hydrogen-bond donors (Lipinski definition) is 1. The van der Waals surface area contributed by atoms with Crippen LogP contribution in [0.2, 0.25) is 0 Å². The minimum Gasteiger partial charge on any atom is -0.383 e. The topological polar surface area (TPSA) is 44.8 Å². The summed E-state index contributed by atoms with van der Waals surface area (Å²) in [6.07, 6.45) is 4.10. The lowest BCUT2D eigenvalue weighted by Gasteiger charge is -2.41. The summed E-state index contributed by atoms with van der Waals surface area (Å²) < 4.78 is 5.18. The van der Waals surface area contributed by atoms with Crippen molar-refractivity contribution in [2.75, 3.05) is 53.0 Å². The summed E-state index contributed by atoms with van der Waals surface area (Å²) in [5.74, 6) is 1.06. The summed E-state index contributed by atoms with van der Waals surface area (Å²) >= 11 is 0. The molecule has 138 valence electrons. The molecule has 1 amide bonds. The minimum atomic E-state index is 0. The van der Waals surface area contributed by atoms with Gasteiger partial charge >= 0.3 is 0 Å². The Kier molecular flexibility index (Phi) is 12.3. The number of amides is 1. The maximum absolute atomic E-state index is 12.4. The van der Waals surface area contributed by atoms with Gasteiger partial charge in [0.15, 0.2) is 0 Å². The molecule has 1 N–H and O–H groups in total. The number of piperazine rings is 1. The number of rotatable bonds is 7. The number of carbonyl (C=O) groups is 1. The zero-order valence-corrected chi connectivity index (χ0v) is 16.1. The first kappa shape index (κ1) is 22.9. The van der Waals surface area contributed by atoms with Crippen LogP contribution in [0, 0.1) is 5.92 Å². The van der Waals surface area contributed by atoms with Crippen molar-refractivity contribution >= 4 is 30.7 Å². The van der Waals surface area contributed by atoms with Crippen molar-refractivity contribution in [1.82, 2.24) is 15.1 Å². The largest absolute Gasteiger partial charge is 0.383 e. The molecule has 2 rings (SSSR count). The first-order valence-corrected chi connectivity index (χ1v) is 8.46. The van der Waals surface area contributed by atoms with E-state index in [1.165, 1.54) is 6.42 Å². The Labute approximate surface area is 153 Å². The van der Waals surface area contributed by atoms with Gasteiger partial charge in [-0.1, -0.05) is 6.92 Å². The van der Waals surface area contributed by atoms with Crippen LogP contribution in [-0.2, 0) is 9.53 Å². The third-order valence-electron chi connectivity index (χ3n) is 4.94. The molecule has 2 aliphatic rings. The van der Waals surface area contributed by atoms with Crippen LogP contribution in [0.4, 0.5) is 0 Å². The Hall–Kier alpha value is -0.0700. The van der Waals surface area contributed by atoms with Gasteiger partial charge in [-0.05, 0) is 38.3 Å². The molecule has 2 saturated heterocycles. The van der Waals surface area contributed by atoms with Crippen molar-refractivity contribution in [3.05, 3.63) is 0 Å². The summed E-state index contributed by atoms with van der Waals surface area (Å²) in [5.41, 5.74) is 0. The summed E-state index contributed by atoms with van der Waals surface area (Å²) in [4.78, 5) is 16.9. The van der Waals surface area contributed by atoms with Gasteiger partial charge in [-0.3, -0.25) is 9.69 Å². The third kappa shape index (κ3) is 7.14. The van der Waals surface area contributed by atoms with Crippen molar-refractivity contribution < 1.29 is 9.53 Å². The highest BCUT2D eigenvalue weighted by Crippen LogP contribution is 2.18. The number of methoxy groups -OCH3 is 1. The predicted molar refractivity (Wildman–Crippen MR) is 98.8 cm³/mol. The molecule has 2 atom stereocenters. The van der Waals surface area contributed by atoms with E-state index in [4.69, 9.17) is 4.74 Å². The molecule has 2 unspecified atom stereocenters. The van der Waals surface area contributed by atoms with E-state index in [1.807, 2.05) is 0 Å². The fraction of sp³-hybridized carbons (Fsp3) is 0.938. The van der Waals surface area contributed by atoms with E-state index in [9.17, 15) is 4.79 Å². The highest BCUT2D eigenvalue weighted by atomic mass is 35.5. The molecule has 2 fully saturated rings. The number of carbonyl (C=O) groups excluding carboxylic acids is 1. The Balaban J connectivity index is 0.00000242. The smallest absolute Gasteiger partial charge is 0.222 e. The Morgan fingerprint density at radius 3 is 2.70 bits per heavy atom. The van der Waals surface area contributed by atoms with E-state index >= 15 is 0 Å². The van der Waals surface area contributed by atoms with Gasteiger partial charge in [-0.25, -0.2) is 0 Å². The second-order valence-electron chi connectivity index (χ2n) is 6.33. The van der Waals surface area contributed by atoms with Crippen LogP contribution < -0.4 is 5.32 Å². The van der Waals surface area contributed by atoms with Gasteiger partial charge in [0.25, 0.3) is 0 Å². The predicted octanol–water partition coefficient (Wildman–Crippen LogP) is 1.79. The van der Waals surface area contributed by atoms with Crippen LogP contribution in [0.3, 0.4) is 0 Å². The van der Waals surface area contributed by atoms with Gasteiger partial charge in [0.05, 0.1) is 6.61 Å². The number of nitrogens with one attached hydrogen (secondary N) is 1. The highest BCUT2D eigenvalue weighted by molar-refractivity contribution is 5.85. The average molecular weight is 370 g/mol. The molecule has 0 aromatic carbocycles. The quantitative estimate of drug-likeness (QED) is 0.742. The average Bonchev–Trinajstić information content (AvgIpc) is 3.03. The van der Waals surface area contributed by atoms with Crippen LogP contribution in [0.25, 0.3) is 0 Å². The standard InChI is InChI=1S/C16H31N3O2.2ClH/c1-3-15-13-19(9-8-18(15)10-11-21-2)16(20)5-4-14-6-7-17-12-14;;/h14-15,17H,3-13H2,1-2H3;2*1H. The number of halogens is 2. The molecular weight excluding hydrogens is 337 g/mol. The molecule has 0 aromatic heterocycles. The molecule has 0 spiro atoms. The lowest BCUT2D eigenvalue weighted by Crippen LogP contribution is -2.55. The molecule has 0 aromatic rings. The zero-order valence-electron chi connectivity index (χ0n) is 14.5. The van der Waals surface area contributed by atoms with E-state index in [1.54, 1.807) is 7.11 Å². The van der Waals surface area contributed by atoms with E-state index in [-0.39, 0.29) is 24.8 Å². The van der Waals surface area contributed by atoms with Crippen LogP contribution in [0.5, 0.6) is 0 Å². The van der Waals surface area contributed by atoms with Crippen LogP contribution in [-0.4, -0.2) is 74.7 Å². The number of nitrogens with zero attached hydrogens (tertiary/aromatic N) is 2. The maximum Gasteiger partial charge on any atom is 0.222 e. The van der Waals surface area contributed by atoms with Gasteiger partial charge < -0.3 is 15.0 Å². The normalized spacial score (nSPS) is 24.9. The Bertz CT molecular complexity index is 328. The summed E-state index contributed by atoms with van der Waals surface area (Å²) in [6, 6.07) is 0.492. The molecule has 0 aliphatic carbocycles. The fourth-order valence-electron chi connectivity index (χ4n) is 3.46. The molecule has 0 bridgehead atoms. The van der Waals surface area contributed by atoms with Gasteiger partial charge in [-0.2, -0.15) is 0 Å². The lowest BCUT2D eigenvalue weighted by atomic mass is 10.0. The monoisotopic (exact) mass is 369 g/mol. The number of hydrogen-bond acceptors (Lipinski definition) is 4. The van der Waals surface area contributed by atoms with E-state index in [0.29, 0.717) is 17.9 Å². The first-order chi connectivity index (χ1) is 10.2. The van der Waals surface area contributed by atoms with Crippen molar-refractivity contribution in [3.63, 3.8) is 0 Å². The first-order valence-electron chi connectivity index (χ1n) is 8.46. The van der Waals surface area contributed by atoms with Crippen LogP contribution >= 0.6 is 24.8 Å². The van der Waals surface area contributed by atoms with Gasteiger partial charge in [0, 0.05) is 45.8 Å². The zero-order chi connectivity index (χ0) is 15.1. The van der Waals surface area contributed by atoms with Gasteiger partial charge in [-0.15, -0.1) is 24.8 Å². The third-order valence-corrected chi connectivity index (χ3v) is 4.94. The number of ether oxygens (including phenoxy) is 1. The van der Waals surface area contributed by atoms with Crippen molar-refractivity contribution in [2.45, 2.75) is 38.6 Å². The van der Waals surface area contributed by atoms with E-state index in [2.05, 4.69) is 22.0 Å². The summed E-state index contributed by atoms with van der Waals surface area (Å²) in [6.45, 7) is 8.93. The van der Waals surface area contributed by atoms with Crippen LogP contribution in [0.1, 0.15) is 32.6 Å². The molecule has 0 saturated carbocycles. The lowest BCUT2D eigenvalue weighted by molar-refractivity contribution is -0.134. The van der Waals surface area contributed by atoms with Crippen molar-refractivity contribution in [1.29, 1.82) is 0 Å². The van der Waals surface area contributed by atoms with E-state index in [0.717, 1.165) is 65.1 Å². The SMILES string of the molecule is CCC1CN(C(=O)CCC2CCNC2)CCN1CCOC.Cl.Cl. The van der Waals surface area contributed by atoms with E-state index < -0.39 is 0 Å². The Morgan fingerprint density at radius 2 is 2.09 bits per heavy atom. The highest BCUT2D eigenvalue weighted by Gasteiger charge is 2.28. The molecule has 2 aliphatic heterocycles.